The molecule has 0 amide bonds. The highest BCUT2D eigenvalue weighted by Gasteiger charge is 2.12. The summed E-state index contributed by atoms with van der Waals surface area (Å²) in [6.07, 6.45) is 4.53. The van der Waals surface area contributed by atoms with E-state index in [2.05, 4.69) is 18.8 Å². The summed E-state index contributed by atoms with van der Waals surface area (Å²) in [7, 11) is 0. The molecule has 1 aromatic rings. The van der Waals surface area contributed by atoms with E-state index < -0.39 is 5.97 Å². The van der Waals surface area contributed by atoms with Gasteiger partial charge in [-0.3, -0.25) is 0 Å². The van der Waals surface area contributed by atoms with Crippen LogP contribution in [0.1, 0.15) is 55.6 Å². The molecule has 0 aliphatic rings. The molecule has 0 saturated carbocycles. The van der Waals surface area contributed by atoms with Gasteiger partial charge in [-0.15, -0.1) is 0 Å². The summed E-state index contributed by atoms with van der Waals surface area (Å²) < 4.78 is 5.64. The highest BCUT2D eigenvalue weighted by atomic mass is 16.5. The number of rotatable bonds is 8. The third-order valence-corrected chi connectivity index (χ3v) is 3.13. The van der Waals surface area contributed by atoms with Crippen LogP contribution in [0, 0.1) is 12.8 Å². The Labute approximate surface area is 114 Å². The van der Waals surface area contributed by atoms with Crippen LogP contribution in [-0.2, 0) is 0 Å². The van der Waals surface area contributed by atoms with Gasteiger partial charge in [0.2, 0.25) is 5.88 Å². The van der Waals surface area contributed by atoms with Crippen molar-refractivity contribution < 1.29 is 14.6 Å². The molecule has 0 fully saturated rings. The second kappa shape index (κ2) is 7.77. The minimum Gasteiger partial charge on any atom is -0.477 e. The van der Waals surface area contributed by atoms with E-state index in [-0.39, 0.29) is 5.69 Å². The molecule has 19 heavy (non-hydrogen) atoms. The van der Waals surface area contributed by atoms with E-state index in [1.54, 1.807) is 19.1 Å². The Balaban J connectivity index is 2.66. The molecule has 0 radical (unpaired) electrons. The first kappa shape index (κ1) is 15.5. The predicted molar refractivity (Wildman–Crippen MR) is 74.7 cm³/mol. The van der Waals surface area contributed by atoms with E-state index in [0.717, 1.165) is 25.7 Å². The predicted octanol–water partition coefficient (Wildman–Crippen LogP) is 3.68. The van der Waals surface area contributed by atoms with Gasteiger partial charge in [-0.1, -0.05) is 32.8 Å². The smallest absolute Gasteiger partial charge is 0.354 e. The number of hydrogen-bond acceptors (Lipinski definition) is 3. The Morgan fingerprint density at radius 2 is 1.95 bits per heavy atom. The molecule has 1 aromatic heterocycles. The lowest BCUT2D eigenvalue weighted by Gasteiger charge is -2.16. The van der Waals surface area contributed by atoms with Crippen molar-refractivity contribution in [3.8, 4) is 5.88 Å². The van der Waals surface area contributed by atoms with Crippen LogP contribution >= 0.6 is 0 Å². The average molecular weight is 265 g/mol. The monoisotopic (exact) mass is 265 g/mol. The van der Waals surface area contributed by atoms with E-state index >= 15 is 0 Å². The molecule has 0 spiro atoms. The maximum Gasteiger partial charge on any atom is 0.354 e. The van der Waals surface area contributed by atoms with Gasteiger partial charge in [0.1, 0.15) is 0 Å². The Hall–Kier alpha value is -1.58. The molecular weight excluding hydrogens is 242 g/mol. The number of ether oxygens (including phenoxy) is 1. The second-order valence-corrected chi connectivity index (χ2v) is 4.87. The summed E-state index contributed by atoms with van der Waals surface area (Å²) >= 11 is 0. The number of hydrogen-bond donors (Lipinski definition) is 1. The maximum atomic E-state index is 11.0. The molecular formula is C15H23NO3. The highest BCUT2D eigenvalue weighted by Crippen LogP contribution is 2.17. The van der Waals surface area contributed by atoms with Gasteiger partial charge in [-0.2, -0.15) is 0 Å². The first-order chi connectivity index (χ1) is 9.08. The third kappa shape index (κ3) is 4.89. The number of pyridine rings is 1. The van der Waals surface area contributed by atoms with Gasteiger partial charge in [-0.25, -0.2) is 9.78 Å². The molecule has 4 heteroatoms. The number of aromatic nitrogens is 1. The van der Waals surface area contributed by atoms with Crippen molar-refractivity contribution in [2.75, 3.05) is 6.61 Å². The molecule has 0 aliphatic heterocycles. The minimum atomic E-state index is -1.01. The lowest BCUT2D eigenvalue weighted by atomic mass is 9.99. The van der Waals surface area contributed by atoms with E-state index in [1.165, 1.54) is 0 Å². The summed E-state index contributed by atoms with van der Waals surface area (Å²) in [5.74, 6) is -0.0896. The number of carboxylic acid groups (broad SMARTS) is 1. The Morgan fingerprint density at radius 3 is 2.47 bits per heavy atom. The van der Waals surface area contributed by atoms with Gasteiger partial charge < -0.3 is 9.84 Å². The van der Waals surface area contributed by atoms with Crippen molar-refractivity contribution in [3.05, 3.63) is 23.4 Å². The standard InChI is InChI=1S/C15H23NO3/c1-4-6-12(7-5-2)10-19-13-9-8-11(3)14(16-13)15(17)18/h8-9,12H,4-7,10H2,1-3H3,(H,17,18). The molecule has 0 aromatic carbocycles. The van der Waals surface area contributed by atoms with Crippen molar-refractivity contribution in [1.82, 2.24) is 4.98 Å². The fourth-order valence-corrected chi connectivity index (χ4v) is 2.14. The summed E-state index contributed by atoms with van der Waals surface area (Å²) in [6, 6.07) is 3.47. The number of carboxylic acids is 1. The first-order valence-electron chi connectivity index (χ1n) is 6.92. The summed E-state index contributed by atoms with van der Waals surface area (Å²) in [5, 5.41) is 9.02. The zero-order chi connectivity index (χ0) is 14.3. The molecule has 0 unspecified atom stereocenters. The molecule has 1 heterocycles. The number of carbonyl (C=O) groups is 1. The van der Waals surface area contributed by atoms with Gasteiger partial charge in [0, 0.05) is 6.07 Å². The summed E-state index contributed by atoms with van der Waals surface area (Å²) in [4.78, 5) is 15.0. The largest absolute Gasteiger partial charge is 0.477 e. The van der Waals surface area contributed by atoms with Crippen LogP contribution in [0.3, 0.4) is 0 Å². The van der Waals surface area contributed by atoms with Gasteiger partial charge in [-0.05, 0) is 31.2 Å². The number of aryl methyl sites for hydroxylation is 1. The third-order valence-electron chi connectivity index (χ3n) is 3.13. The van der Waals surface area contributed by atoms with Gasteiger partial charge in [0.05, 0.1) is 6.61 Å². The minimum absolute atomic E-state index is 0.0695. The fourth-order valence-electron chi connectivity index (χ4n) is 2.14. The van der Waals surface area contributed by atoms with Crippen LogP contribution in [0.15, 0.2) is 12.1 Å². The SMILES string of the molecule is CCCC(CCC)COc1ccc(C)c(C(=O)O)n1. The van der Waals surface area contributed by atoms with Crippen molar-refractivity contribution in [2.24, 2.45) is 5.92 Å². The Kier molecular flexibility index (Phi) is 6.33. The Morgan fingerprint density at radius 1 is 1.32 bits per heavy atom. The second-order valence-electron chi connectivity index (χ2n) is 4.87. The fraction of sp³-hybridized carbons (Fsp3) is 0.600. The molecule has 0 atom stereocenters. The van der Waals surface area contributed by atoms with Crippen LogP contribution in [0.5, 0.6) is 5.88 Å². The lowest BCUT2D eigenvalue weighted by Crippen LogP contribution is -2.13. The normalized spacial score (nSPS) is 10.7. The highest BCUT2D eigenvalue weighted by molar-refractivity contribution is 5.87. The van der Waals surface area contributed by atoms with E-state index in [1.807, 2.05) is 0 Å². The van der Waals surface area contributed by atoms with Crippen LogP contribution < -0.4 is 4.74 Å². The average Bonchev–Trinajstić information content (AvgIpc) is 2.37. The van der Waals surface area contributed by atoms with Crippen molar-refractivity contribution >= 4 is 5.97 Å². The maximum absolute atomic E-state index is 11.0. The van der Waals surface area contributed by atoms with Gasteiger partial charge in [0.25, 0.3) is 0 Å². The molecule has 1 rings (SSSR count). The van der Waals surface area contributed by atoms with Gasteiger partial charge in [0.15, 0.2) is 5.69 Å². The van der Waals surface area contributed by atoms with Crippen LogP contribution in [0.2, 0.25) is 0 Å². The number of aromatic carboxylic acids is 1. The van der Waals surface area contributed by atoms with Crippen LogP contribution in [-0.4, -0.2) is 22.7 Å². The lowest BCUT2D eigenvalue weighted by molar-refractivity contribution is 0.0688. The van der Waals surface area contributed by atoms with Crippen molar-refractivity contribution in [2.45, 2.75) is 46.5 Å². The summed E-state index contributed by atoms with van der Waals surface area (Å²) in [6.45, 7) is 6.67. The Bertz CT molecular complexity index is 412. The molecule has 0 bridgehead atoms. The van der Waals surface area contributed by atoms with Crippen molar-refractivity contribution in [3.63, 3.8) is 0 Å². The molecule has 1 N–H and O–H groups in total. The zero-order valence-corrected chi connectivity index (χ0v) is 12.0. The number of nitrogens with zero attached hydrogens (tertiary/aromatic N) is 1. The van der Waals surface area contributed by atoms with Gasteiger partial charge >= 0.3 is 5.97 Å². The van der Waals surface area contributed by atoms with E-state index in [0.29, 0.717) is 24.0 Å². The molecule has 106 valence electrons. The summed E-state index contributed by atoms with van der Waals surface area (Å²) in [5.41, 5.74) is 0.721. The van der Waals surface area contributed by atoms with Crippen molar-refractivity contribution in [1.29, 1.82) is 0 Å². The van der Waals surface area contributed by atoms with E-state index in [9.17, 15) is 4.79 Å². The van der Waals surface area contributed by atoms with E-state index in [4.69, 9.17) is 9.84 Å². The molecule has 4 nitrogen and oxygen atoms in total. The quantitative estimate of drug-likeness (QED) is 0.778. The first-order valence-corrected chi connectivity index (χ1v) is 6.92. The molecule has 0 aliphatic carbocycles. The topological polar surface area (TPSA) is 59.4 Å². The zero-order valence-electron chi connectivity index (χ0n) is 12.0. The van der Waals surface area contributed by atoms with Crippen LogP contribution in [0.25, 0.3) is 0 Å². The molecule has 0 saturated heterocycles. The van der Waals surface area contributed by atoms with Crippen LogP contribution in [0.4, 0.5) is 0 Å².